The van der Waals surface area contributed by atoms with Gasteiger partial charge in [-0.1, -0.05) is 12.1 Å². The molecule has 0 amide bonds. The molecule has 0 aromatic heterocycles. The normalized spacial score (nSPS) is 20.3. The highest BCUT2D eigenvalue weighted by molar-refractivity contribution is 5.29. The van der Waals surface area contributed by atoms with Crippen LogP contribution in [-0.4, -0.2) is 12.1 Å². The van der Waals surface area contributed by atoms with E-state index in [4.69, 9.17) is 4.74 Å². The predicted octanol–water partition coefficient (Wildman–Crippen LogP) is 2.48. The molecule has 0 spiro atoms. The molecular weight excluding hydrogens is 186 g/mol. The van der Waals surface area contributed by atoms with Gasteiger partial charge >= 0.3 is 0 Å². The molecule has 2 nitrogen and oxygen atoms in total. The molecule has 80 valence electrons. The highest BCUT2D eigenvalue weighted by Gasteiger charge is 2.23. The van der Waals surface area contributed by atoms with Crippen LogP contribution in [0.3, 0.4) is 0 Å². The Labute approximate surface area is 90.6 Å². The average molecular weight is 203 g/mol. The topological polar surface area (TPSA) is 21.3 Å². The first kappa shape index (κ1) is 9.22. The van der Waals surface area contributed by atoms with Crippen LogP contribution in [0.2, 0.25) is 0 Å². The quantitative estimate of drug-likeness (QED) is 0.793. The molecule has 15 heavy (non-hydrogen) atoms. The summed E-state index contributed by atoms with van der Waals surface area (Å²) >= 11 is 0. The number of nitrogens with one attached hydrogen (secondary N) is 1. The van der Waals surface area contributed by atoms with E-state index in [9.17, 15) is 0 Å². The lowest BCUT2D eigenvalue weighted by Crippen LogP contribution is -2.15. The zero-order valence-corrected chi connectivity index (χ0v) is 8.91. The number of hydrogen-bond donors (Lipinski definition) is 1. The van der Waals surface area contributed by atoms with Crippen LogP contribution in [0, 0.1) is 0 Å². The Morgan fingerprint density at radius 3 is 2.80 bits per heavy atom. The summed E-state index contributed by atoms with van der Waals surface area (Å²) in [4.78, 5) is 0. The summed E-state index contributed by atoms with van der Waals surface area (Å²) in [5.74, 6) is 1.03. The van der Waals surface area contributed by atoms with Crippen molar-refractivity contribution in [1.82, 2.24) is 5.32 Å². The van der Waals surface area contributed by atoms with Crippen molar-refractivity contribution < 1.29 is 4.74 Å². The van der Waals surface area contributed by atoms with E-state index in [1.807, 2.05) is 0 Å². The summed E-state index contributed by atoms with van der Waals surface area (Å²) in [6.45, 7) is 0.979. The monoisotopic (exact) mass is 203 g/mol. The summed E-state index contributed by atoms with van der Waals surface area (Å²) in [5.41, 5.74) is 1.33. The zero-order chi connectivity index (χ0) is 10.1. The molecule has 2 aliphatic carbocycles. The molecule has 1 N–H and O–H groups in total. The second kappa shape index (κ2) is 3.86. The van der Waals surface area contributed by atoms with Crippen molar-refractivity contribution in [3.63, 3.8) is 0 Å². The highest BCUT2D eigenvalue weighted by Crippen LogP contribution is 2.27. The Hall–Kier alpha value is -1.02. The molecule has 2 aliphatic rings. The van der Waals surface area contributed by atoms with E-state index in [2.05, 4.69) is 29.6 Å². The molecule has 0 heterocycles. The second-order valence-electron chi connectivity index (χ2n) is 4.62. The van der Waals surface area contributed by atoms with E-state index in [0.29, 0.717) is 6.10 Å². The van der Waals surface area contributed by atoms with Crippen LogP contribution in [0.4, 0.5) is 0 Å². The lowest BCUT2D eigenvalue weighted by molar-refractivity contribution is 0.303. The lowest BCUT2D eigenvalue weighted by atomic mass is 10.2. The first-order valence-corrected chi connectivity index (χ1v) is 5.89. The van der Waals surface area contributed by atoms with Crippen LogP contribution in [0.25, 0.3) is 0 Å². The molecule has 1 aromatic carbocycles. The predicted molar refractivity (Wildman–Crippen MR) is 60.0 cm³/mol. The largest absolute Gasteiger partial charge is 0.490 e. The van der Waals surface area contributed by atoms with Gasteiger partial charge in [-0.25, -0.2) is 0 Å². The minimum absolute atomic E-state index is 0.497. The molecule has 2 saturated carbocycles. The van der Waals surface area contributed by atoms with E-state index in [0.717, 1.165) is 18.3 Å². The van der Waals surface area contributed by atoms with Crippen LogP contribution < -0.4 is 10.1 Å². The molecule has 0 atom stereocenters. The van der Waals surface area contributed by atoms with Crippen molar-refractivity contribution in [2.75, 3.05) is 0 Å². The molecule has 0 radical (unpaired) electrons. The zero-order valence-electron chi connectivity index (χ0n) is 8.91. The maximum absolute atomic E-state index is 5.76. The number of hydrogen-bond acceptors (Lipinski definition) is 2. The van der Waals surface area contributed by atoms with Gasteiger partial charge < -0.3 is 10.1 Å². The van der Waals surface area contributed by atoms with Gasteiger partial charge in [-0.05, 0) is 43.4 Å². The molecule has 2 fully saturated rings. The molecule has 0 saturated heterocycles. The van der Waals surface area contributed by atoms with Crippen molar-refractivity contribution in [3.8, 4) is 5.75 Å². The van der Waals surface area contributed by atoms with Gasteiger partial charge in [0.1, 0.15) is 5.75 Å². The molecule has 0 aliphatic heterocycles. The first-order valence-electron chi connectivity index (χ1n) is 5.89. The summed E-state index contributed by atoms with van der Waals surface area (Å²) in [6, 6.07) is 9.24. The summed E-state index contributed by atoms with van der Waals surface area (Å²) in [7, 11) is 0. The van der Waals surface area contributed by atoms with Gasteiger partial charge in [0.25, 0.3) is 0 Å². The van der Waals surface area contributed by atoms with Crippen molar-refractivity contribution in [3.05, 3.63) is 29.8 Å². The minimum Gasteiger partial charge on any atom is -0.490 e. The van der Waals surface area contributed by atoms with Crippen LogP contribution in [0.15, 0.2) is 24.3 Å². The molecule has 3 rings (SSSR count). The van der Waals surface area contributed by atoms with Gasteiger partial charge in [-0.2, -0.15) is 0 Å². The first-order chi connectivity index (χ1) is 7.40. The molecule has 2 heteroatoms. The number of benzene rings is 1. The smallest absolute Gasteiger partial charge is 0.120 e. The van der Waals surface area contributed by atoms with Gasteiger partial charge in [-0.3, -0.25) is 0 Å². The van der Waals surface area contributed by atoms with Crippen LogP contribution in [-0.2, 0) is 6.54 Å². The van der Waals surface area contributed by atoms with Crippen molar-refractivity contribution in [2.45, 2.75) is 44.4 Å². The standard InChI is InChI=1S/C13H17NO/c1-2-10(9-14-11-4-5-11)8-13(3-1)15-12-6-7-12/h1-3,8,11-12,14H,4-7,9H2. The van der Waals surface area contributed by atoms with Crippen molar-refractivity contribution >= 4 is 0 Å². The third kappa shape index (κ3) is 2.72. The SMILES string of the molecule is c1cc(CNC2CC2)cc(OC2CC2)c1. The Morgan fingerprint density at radius 1 is 1.20 bits per heavy atom. The fourth-order valence-electron chi connectivity index (χ4n) is 1.66. The van der Waals surface area contributed by atoms with E-state index in [1.165, 1.54) is 31.2 Å². The van der Waals surface area contributed by atoms with Crippen LogP contribution in [0.1, 0.15) is 31.2 Å². The van der Waals surface area contributed by atoms with Gasteiger partial charge in [0.2, 0.25) is 0 Å². The van der Waals surface area contributed by atoms with Crippen LogP contribution >= 0.6 is 0 Å². The highest BCUT2D eigenvalue weighted by atomic mass is 16.5. The Morgan fingerprint density at radius 2 is 2.07 bits per heavy atom. The average Bonchev–Trinajstić information content (AvgIpc) is 3.10. The molecular formula is C13H17NO. The maximum Gasteiger partial charge on any atom is 0.120 e. The van der Waals surface area contributed by atoms with Gasteiger partial charge in [0.05, 0.1) is 6.10 Å². The van der Waals surface area contributed by atoms with Gasteiger partial charge in [0.15, 0.2) is 0 Å². The van der Waals surface area contributed by atoms with E-state index < -0.39 is 0 Å². The maximum atomic E-state index is 5.76. The van der Waals surface area contributed by atoms with Gasteiger partial charge in [-0.15, -0.1) is 0 Å². The summed E-state index contributed by atoms with van der Waals surface area (Å²) in [5, 5.41) is 3.51. The third-order valence-electron chi connectivity index (χ3n) is 2.90. The minimum atomic E-state index is 0.497. The summed E-state index contributed by atoms with van der Waals surface area (Å²) < 4.78 is 5.76. The number of ether oxygens (including phenoxy) is 1. The third-order valence-corrected chi connectivity index (χ3v) is 2.90. The van der Waals surface area contributed by atoms with E-state index in [1.54, 1.807) is 0 Å². The fraction of sp³-hybridized carbons (Fsp3) is 0.538. The van der Waals surface area contributed by atoms with E-state index in [-0.39, 0.29) is 0 Å². The second-order valence-corrected chi connectivity index (χ2v) is 4.62. The van der Waals surface area contributed by atoms with Crippen molar-refractivity contribution in [1.29, 1.82) is 0 Å². The van der Waals surface area contributed by atoms with Crippen molar-refractivity contribution in [2.24, 2.45) is 0 Å². The molecule has 0 bridgehead atoms. The van der Waals surface area contributed by atoms with Gasteiger partial charge in [0, 0.05) is 12.6 Å². The Bertz CT molecular complexity index is 342. The molecule has 0 unspecified atom stereocenters. The fourth-order valence-corrected chi connectivity index (χ4v) is 1.66. The van der Waals surface area contributed by atoms with E-state index >= 15 is 0 Å². The molecule has 1 aromatic rings. The Kier molecular flexibility index (Phi) is 2.37. The summed E-state index contributed by atoms with van der Waals surface area (Å²) in [6.07, 6.45) is 5.64. The number of rotatable bonds is 5. The lowest BCUT2D eigenvalue weighted by Gasteiger charge is -2.07. The Balaban J connectivity index is 1.59. The van der Waals surface area contributed by atoms with Crippen LogP contribution in [0.5, 0.6) is 5.75 Å².